The first-order chi connectivity index (χ1) is 10.0. The van der Waals surface area contributed by atoms with Crippen molar-refractivity contribution in [1.82, 2.24) is 9.78 Å². The molecule has 0 bridgehead atoms. The summed E-state index contributed by atoms with van der Waals surface area (Å²) in [5.74, 6) is 0.144. The molecule has 0 spiro atoms. The number of carbonyl (C=O) groups is 1. The number of rotatable bonds is 5. The lowest BCUT2D eigenvalue weighted by Gasteiger charge is -2.07. The van der Waals surface area contributed by atoms with Crippen molar-refractivity contribution in [2.45, 2.75) is 27.3 Å². The molecule has 1 aromatic heterocycles. The summed E-state index contributed by atoms with van der Waals surface area (Å²) in [7, 11) is 0. The van der Waals surface area contributed by atoms with Gasteiger partial charge in [-0.1, -0.05) is 15.9 Å². The van der Waals surface area contributed by atoms with E-state index in [9.17, 15) is 4.79 Å². The number of carbonyl (C=O) groups excluding carboxylic acids is 1. The third-order valence-corrected chi connectivity index (χ3v) is 3.88. The van der Waals surface area contributed by atoms with E-state index in [0.717, 1.165) is 15.7 Å². The zero-order valence-corrected chi connectivity index (χ0v) is 13.9. The standard InChI is InChI=1S/C15H18BrN3O2/c1-4-19-9-12(15(18-19)21-5-2)14(20)17-11-6-7-13(16)10(3)8-11/h6-9H,4-5H2,1-3H3,(H,17,20). The number of nitrogens with zero attached hydrogens (tertiary/aromatic N) is 2. The first-order valence-corrected chi connectivity index (χ1v) is 7.62. The normalized spacial score (nSPS) is 10.5. The second kappa shape index (κ2) is 6.76. The Bertz CT molecular complexity index is 652. The van der Waals surface area contributed by atoms with Gasteiger partial charge in [0.2, 0.25) is 5.88 Å². The van der Waals surface area contributed by atoms with Crippen LogP contribution in [0.15, 0.2) is 28.9 Å². The minimum Gasteiger partial charge on any atom is -0.476 e. The summed E-state index contributed by atoms with van der Waals surface area (Å²) >= 11 is 3.44. The Kier molecular flexibility index (Phi) is 5.01. The van der Waals surface area contributed by atoms with Crippen molar-refractivity contribution in [2.75, 3.05) is 11.9 Å². The third-order valence-electron chi connectivity index (χ3n) is 2.99. The van der Waals surface area contributed by atoms with Crippen molar-refractivity contribution >= 4 is 27.5 Å². The summed E-state index contributed by atoms with van der Waals surface area (Å²) in [6, 6.07) is 5.66. The van der Waals surface area contributed by atoms with E-state index in [4.69, 9.17) is 4.74 Å². The molecule has 0 atom stereocenters. The molecule has 0 aliphatic carbocycles. The summed E-state index contributed by atoms with van der Waals surface area (Å²) in [6.07, 6.45) is 1.70. The predicted molar refractivity (Wildman–Crippen MR) is 85.9 cm³/mol. The van der Waals surface area contributed by atoms with E-state index in [0.29, 0.717) is 24.6 Å². The number of anilines is 1. The topological polar surface area (TPSA) is 56.2 Å². The highest BCUT2D eigenvalue weighted by Gasteiger charge is 2.17. The average Bonchev–Trinajstić information content (AvgIpc) is 2.87. The fourth-order valence-corrected chi connectivity index (χ4v) is 2.13. The van der Waals surface area contributed by atoms with Crippen molar-refractivity contribution in [3.05, 3.63) is 40.0 Å². The van der Waals surface area contributed by atoms with Gasteiger partial charge in [0, 0.05) is 22.9 Å². The lowest BCUT2D eigenvalue weighted by atomic mass is 10.2. The van der Waals surface area contributed by atoms with Crippen LogP contribution in [0.4, 0.5) is 5.69 Å². The molecule has 5 nitrogen and oxygen atoms in total. The number of ether oxygens (including phenoxy) is 1. The number of amides is 1. The van der Waals surface area contributed by atoms with Crippen LogP contribution in [0.25, 0.3) is 0 Å². The number of nitrogens with one attached hydrogen (secondary N) is 1. The summed E-state index contributed by atoms with van der Waals surface area (Å²) in [6.45, 7) is 6.96. The van der Waals surface area contributed by atoms with Crippen LogP contribution in [0.2, 0.25) is 0 Å². The van der Waals surface area contributed by atoms with Gasteiger partial charge in [-0.3, -0.25) is 9.48 Å². The molecule has 0 aliphatic heterocycles. The molecule has 0 radical (unpaired) electrons. The van der Waals surface area contributed by atoms with Crippen molar-refractivity contribution in [2.24, 2.45) is 0 Å². The van der Waals surface area contributed by atoms with Crippen molar-refractivity contribution in [3.8, 4) is 5.88 Å². The van der Waals surface area contributed by atoms with Crippen LogP contribution in [0.5, 0.6) is 5.88 Å². The maximum Gasteiger partial charge on any atom is 0.262 e. The smallest absolute Gasteiger partial charge is 0.262 e. The summed E-state index contributed by atoms with van der Waals surface area (Å²) in [5, 5.41) is 7.11. The highest BCUT2D eigenvalue weighted by atomic mass is 79.9. The molecular weight excluding hydrogens is 334 g/mol. The lowest BCUT2D eigenvalue weighted by molar-refractivity contribution is 0.102. The fraction of sp³-hybridized carbons (Fsp3) is 0.333. The maximum atomic E-state index is 12.4. The molecular formula is C15H18BrN3O2. The van der Waals surface area contributed by atoms with Gasteiger partial charge in [0.25, 0.3) is 5.91 Å². The number of hydrogen-bond donors (Lipinski definition) is 1. The first kappa shape index (κ1) is 15.6. The van der Waals surface area contributed by atoms with E-state index in [1.165, 1.54) is 0 Å². The highest BCUT2D eigenvalue weighted by molar-refractivity contribution is 9.10. The van der Waals surface area contributed by atoms with Gasteiger partial charge in [-0.05, 0) is 44.5 Å². The summed E-state index contributed by atoms with van der Waals surface area (Å²) in [5.41, 5.74) is 2.24. The van der Waals surface area contributed by atoms with Gasteiger partial charge in [-0.25, -0.2) is 0 Å². The minimum absolute atomic E-state index is 0.222. The van der Waals surface area contributed by atoms with Gasteiger partial charge in [-0.2, -0.15) is 0 Å². The number of aromatic nitrogens is 2. The SMILES string of the molecule is CCOc1nn(CC)cc1C(=O)Nc1ccc(Br)c(C)c1. The Morgan fingerprint density at radius 1 is 1.43 bits per heavy atom. The van der Waals surface area contributed by atoms with Gasteiger partial charge in [0.05, 0.1) is 6.61 Å². The number of aryl methyl sites for hydroxylation is 2. The molecule has 0 saturated carbocycles. The molecule has 2 aromatic rings. The summed E-state index contributed by atoms with van der Waals surface area (Å²) in [4.78, 5) is 12.4. The second-order valence-electron chi connectivity index (χ2n) is 4.55. The average molecular weight is 352 g/mol. The van der Waals surface area contributed by atoms with E-state index >= 15 is 0 Å². The molecule has 0 fully saturated rings. The lowest BCUT2D eigenvalue weighted by Crippen LogP contribution is -2.12. The van der Waals surface area contributed by atoms with Crippen LogP contribution in [0.3, 0.4) is 0 Å². The third kappa shape index (κ3) is 3.64. The molecule has 21 heavy (non-hydrogen) atoms. The predicted octanol–water partition coefficient (Wildman–Crippen LogP) is 3.62. The van der Waals surface area contributed by atoms with Gasteiger partial charge >= 0.3 is 0 Å². The van der Waals surface area contributed by atoms with Crippen LogP contribution in [0, 0.1) is 6.92 Å². The number of benzene rings is 1. The Labute approximate surface area is 132 Å². The summed E-state index contributed by atoms with van der Waals surface area (Å²) < 4.78 is 8.12. The van der Waals surface area contributed by atoms with Crippen molar-refractivity contribution in [1.29, 1.82) is 0 Å². The zero-order valence-electron chi connectivity index (χ0n) is 12.3. The van der Waals surface area contributed by atoms with E-state index in [1.807, 2.05) is 39.0 Å². The highest BCUT2D eigenvalue weighted by Crippen LogP contribution is 2.22. The van der Waals surface area contributed by atoms with Gasteiger partial charge < -0.3 is 10.1 Å². The van der Waals surface area contributed by atoms with Gasteiger partial charge in [0.1, 0.15) is 5.56 Å². The molecule has 0 aliphatic rings. The fourth-order valence-electron chi connectivity index (χ4n) is 1.89. The molecule has 1 amide bonds. The van der Waals surface area contributed by atoms with E-state index < -0.39 is 0 Å². The second-order valence-corrected chi connectivity index (χ2v) is 5.41. The molecule has 1 N–H and O–H groups in total. The van der Waals surface area contributed by atoms with Crippen molar-refractivity contribution in [3.63, 3.8) is 0 Å². The molecule has 1 heterocycles. The molecule has 0 saturated heterocycles. The van der Waals surface area contributed by atoms with Crippen LogP contribution < -0.4 is 10.1 Å². The van der Waals surface area contributed by atoms with E-state index in [1.54, 1.807) is 10.9 Å². The van der Waals surface area contributed by atoms with E-state index in [2.05, 4.69) is 26.3 Å². The van der Waals surface area contributed by atoms with Gasteiger partial charge in [-0.15, -0.1) is 5.10 Å². The first-order valence-electron chi connectivity index (χ1n) is 6.82. The van der Waals surface area contributed by atoms with Crippen LogP contribution in [-0.2, 0) is 6.54 Å². The monoisotopic (exact) mass is 351 g/mol. The van der Waals surface area contributed by atoms with Crippen LogP contribution in [-0.4, -0.2) is 22.3 Å². The Balaban J connectivity index is 2.22. The van der Waals surface area contributed by atoms with Gasteiger partial charge in [0.15, 0.2) is 0 Å². The molecule has 2 rings (SSSR count). The Morgan fingerprint density at radius 2 is 2.19 bits per heavy atom. The molecule has 0 unspecified atom stereocenters. The van der Waals surface area contributed by atoms with Crippen LogP contribution in [0.1, 0.15) is 29.8 Å². The Hall–Kier alpha value is -1.82. The van der Waals surface area contributed by atoms with E-state index in [-0.39, 0.29) is 5.91 Å². The minimum atomic E-state index is -0.222. The zero-order chi connectivity index (χ0) is 15.4. The Morgan fingerprint density at radius 3 is 2.81 bits per heavy atom. The van der Waals surface area contributed by atoms with Crippen LogP contribution >= 0.6 is 15.9 Å². The quantitative estimate of drug-likeness (QED) is 0.894. The largest absolute Gasteiger partial charge is 0.476 e. The maximum absolute atomic E-state index is 12.4. The molecule has 6 heteroatoms. The molecule has 112 valence electrons. The van der Waals surface area contributed by atoms with Crippen molar-refractivity contribution < 1.29 is 9.53 Å². The molecule has 1 aromatic carbocycles. The number of hydrogen-bond acceptors (Lipinski definition) is 3. The number of halogens is 1.